The lowest BCUT2D eigenvalue weighted by Gasteiger charge is -2.32. The van der Waals surface area contributed by atoms with Crippen molar-refractivity contribution in [2.75, 3.05) is 38.5 Å². The fourth-order valence-corrected chi connectivity index (χ4v) is 3.22. The molecule has 1 aliphatic rings. The monoisotopic (exact) mass is 337 g/mol. The number of anilines is 1. The summed E-state index contributed by atoms with van der Waals surface area (Å²) in [5.41, 5.74) is 2.88. The maximum absolute atomic E-state index is 12.7. The summed E-state index contributed by atoms with van der Waals surface area (Å²) >= 11 is 0. The van der Waals surface area contributed by atoms with Crippen LogP contribution in [-0.2, 0) is 0 Å². The molecule has 0 radical (unpaired) electrons. The van der Waals surface area contributed by atoms with Crippen LogP contribution in [0.5, 0.6) is 0 Å². The Balaban J connectivity index is 1.81. The second-order valence-corrected chi connectivity index (χ2v) is 6.87. The molecule has 3 rings (SSSR count). The van der Waals surface area contributed by atoms with Crippen molar-refractivity contribution in [1.82, 2.24) is 0 Å². The lowest BCUT2D eigenvalue weighted by Crippen LogP contribution is -2.46. The number of likely N-dealkylation sites (N-methyl/N-ethyl adjacent to an activating group) is 1. The maximum Gasteiger partial charge on any atom is 0.194 e. The van der Waals surface area contributed by atoms with Gasteiger partial charge in [0.05, 0.1) is 33.2 Å². The first kappa shape index (κ1) is 17.4. The number of ketones is 2. The van der Waals surface area contributed by atoms with E-state index in [9.17, 15) is 9.59 Å². The van der Waals surface area contributed by atoms with E-state index >= 15 is 0 Å². The Labute approximate surface area is 149 Å². The molecular weight excluding hydrogens is 312 g/mol. The highest BCUT2D eigenvalue weighted by molar-refractivity contribution is 6.28. The number of carbonyl (C=O) groups is 2. The van der Waals surface area contributed by atoms with Crippen molar-refractivity contribution in [3.05, 3.63) is 64.7 Å². The zero-order valence-electron chi connectivity index (χ0n) is 15.1. The third-order valence-electron chi connectivity index (χ3n) is 5.43. The van der Waals surface area contributed by atoms with Crippen molar-refractivity contribution in [3.8, 4) is 0 Å². The molecule has 1 aliphatic carbocycles. The van der Waals surface area contributed by atoms with Gasteiger partial charge in [-0.15, -0.1) is 0 Å². The van der Waals surface area contributed by atoms with Crippen LogP contribution in [0.15, 0.2) is 42.5 Å². The van der Waals surface area contributed by atoms with Gasteiger partial charge in [-0.25, -0.2) is 0 Å². The standard InChI is InChI=1S/C21H24N2O2/c1-4-23(3,5-2)13-12-22-15-10-11-18-19(14-15)21(25)17-9-7-6-8-16(17)20(18)24/h6-11,14H,4-5,12-13H2,1-3H3/p+1. The van der Waals surface area contributed by atoms with Gasteiger partial charge in [-0.2, -0.15) is 0 Å². The number of hydrogen-bond acceptors (Lipinski definition) is 3. The molecule has 2 aromatic carbocycles. The van der Waals surface area contributed by atoms with Crippen LogP contribution in [0.3, 0.4) is 0 Å². The van der Waals surface area contributed by atoms with Crippen molar-refractivity contribution < 1.29 is 14.1 Å². The molecule has 0 spiro atoms. The van der Waals surface area contributed by atoms with Gasteiger partial charge in [-0.1, -0.05) is 24.3 Å². The summed E-state index contributed by atoms with van der Waals surface area (Å²) in [7, 11) is 2.24. The maximum atomic E-state index is 12.7. The number of quaternary nitrogens is 1. The van der Waals surface area contributed by atoms with Crippen LogP contribution in [-0.4, -0.2) is 49.3 Å². The average Bonchev–Trinajstić information content (AvgIpc) is 2.66. The molecular formula is C21H25N2O2+. The van der Waals surface area contributed by atoms with Crippen LogP contribution in [0.1, 0.15) is 45.7 Å². The molecule has 0 fully saturated rings. The van der Waals surface area contributed by atoms with E-state index in [0.717, 1.165) is 36.3 Å². The number of rotatable bonds is 6. The van der Waals surface area contributed by atoms with Crippen LogP contribution in [0, 0.1) is 0 Å². The van der Waals surface area contributed by atoms with E-state index in [2.05, 4.69) is 26.2 Å². The summed E-state index contributed by atoms with van der Waals surface area (Å²) in [6.07, 6.45) is 0. The molecule has 0 saturated heterocycles. The first-order chi connectivity index (χ1) is 12.0. The van der Waals surface area contributed by atoms with E-state index in [-0.39, 0.29) is 11.6 Å². The molecule has 0 amide bonds. The SMILES string of the molecule is CC[N+](C)(CC)CCNc1ccc2c(c1)C(=O)c1ccccc1C2=O. The number of nitrogens with zero attached hydrogens (tertiary/aromatic N) is 1. The van der Waals surface area contributed by atoms with Crippen LogP contribution in [0.25, 0.3) is 0 Å². The van der Waals surface area contributed by atoms with Gasteiger partial charge < -0.3 is 9.80 Å². The highest BCUT2D eigenvalue weighted by atomic mass is 16.1. The molecule has 130 valence electrons. The van der Waals surface area contributed by atoms with Crippen LogP contribution in [0.4, 0.5) is 5.69 Å². The summed E-state index contributed by atoms with van der Waals surface area (Å²) in [4.78, 5) is 25.4. The Morgan fingerprint density at radius 2 is 1.40 bits per heavy atom. The van der Waals surface area contributed by atoms with Gasteiger partial charge >= 0.3 is 0 Å². The number of fused-ring (bicyclic) bond motifs is 2. The average molecular weight is 337 g/mol. The van der Waals surface area contributed by atoms with Gasteiger partial charge in [0, 0.05) is 27.9 Å². The van der Waals surface area contributed by atoms with E-state index in [1.54, 1.807) is 30.3 Å². The minimum Gasteiger partial charge on any atom is -0.379 e. The van der Waals surface area contributed by atoms with E-state index in [1.165, 1.54) is 0 Å². The van der Waals surface area contributed by atoms with E-state index in [1.807, 2.05) is 12.1 Å². The molecule has 25 heavy (non-hydrogen) atoms. The number of nitrogens with one attached hydrogen (secondary N) is 1. The summed E-state index contributed by atoms with van der Waals surface area (Å²) < 4.78 is 1.00. The van der Waals surface area contributed by atoms with Crippen molar-refractivity contribution in [3.63, 3.8) is 0 Å². The number of benzene rings is 2. The first-order valence-electron chi connectivity index (χ1n) is 8.89. The number of carbonyl (C=O) groups excluding carboxylic acids is 2. The van der Waals surface area contributed by atoms with Crippen LogP contribution < -0.4 is 5.32 Å². The smallest absolute Gasteiger partial charge is 0.194 e. The first-order valence-corrected chi connectivity index (χ1v) is 8.89. The van der Waals surface area contributed by atoms with Crippen molar-refractivity contribution in [1.29, 1.82) is 0 Å². The molecule has 0 unspecified atom stereocenters. The van der Waals surface area contributed by atoms with Gasteiger partial charge in [-0.3, -0.25) is 9.59 Å². The van der Waals surface area contributed by atoms with Crippen molar-refractivity contribution in [2.45, 2.75) is 13.8 Å². The molecule has 0 saturated carbocycles. The summed E-state index contributed by atoms with van der Waals surface area (Å²) in [5, 5.41) is 3.40. The molecule has 4 heteroatoms. The second-order valence-electron chi connectivity index (χ2n) is 6.87. The molecule has 0 heterocycles. The van der Waals surface area contributed by atoms with Crippen LogP contribution >= 0.6 is 0 Å². The Morgan fingerprint density at radius 3 is 2.00 bits per heavy atom. The molecule has 0 atom stereocenters. The lowest BCUT2D eigenvalue weighted by molar-refractivity contribution is -0.904. The van der Waals surface area contributed by atoms with Gasteiger partial charge in [0.15, 0.2) is 11.6 Å². The highest BCUT2D eigenvalue weighted by Crippen LogP contribution is 2.29. The fourth-order valence-electron chi connectivity index (χ4n) is 3.22. The third kappa shape index (κ3) is 3.22. The molecule has 0 aromatic heterocycles. The predicted molar refractivity (Wildman–Crippen MR) is 100 cm³/mol. The van der Waals surface area contributed by atoms with Gasteiger partial charge in [0.25, 0.3) is 0 Å². The Morgan fingerprint density at radius 1 is 0.840 bits per heavy atom. The molecule has 4 nitrogen and oxygen atoms in total. The molecule has 1 N–H and O–H groups in total. The predicted octanol–water partition coefficient (Wildman–Crippen LogP) is 3.36. The van der Waals surface area contributed by atoms with Gasteiger partial charge in [0.2, 0.25) is 0 Å². The van der Waals surface area contributed by atoms with Gasteiger partial charge in [-0.05, 0) is 32.0 Å². The Bertz CT molecular complexity index is 822. The summed E-state index contributed by atoms with van der Waals surface area (Å²) in [6, 6.07) is 12.5. The third-order valence-corrected chi connectivity index (χ3v) is 5.43. The quantitative estimate of drug-likeness (QED) is 0.702. The Hall–Kier alpha value is -2.46. The zero-order chi connectivity index (χ0) is 18.0. The second kappa shape index (κ2) is 6.81. The highest BCUT2D eigenvalue weighted by Gasteiger charge is 2.29. The number of hydrogen-bond donors (Lipinski definition) is 1. The Kier molecular flexibility index (Phi) is 4.73. The van der Waals surface area contributed by atoms with Gasteiger partial charge in [0.1, 0.15) is 0 Å². The molecule has 0 bridgehead atoms. The zero-order valence-corrected chi connectivity index (χ0v) is 15.1. The minimum absolute atomic E-state index is 0.0713. The van der Waals surface area contributed by atoms with E-state index in [0.29, 0.717) is 22.3 Å². The lowest BCUT2D eigenvalue weighted by atomic mass is 9.84. The van der Waals surface area contributed by atoms with Crippen LogP contribution in [0.2, 0.25) is 0 Å². The molecule has 0 aliphatic heterocycles. The van der Waals surface area contributed by atoms with Crippen molar-refractivity contribution in [2.24, 2.45) is 0 Å². The normalized spacial score (nSPS) is 13.4. The van der Waals surface area contributed by atoms with Crippen molar-refractivity contribution >= 4 is 17.3 Å². The van der Waals surface area contributed by atoms with E-state index in [4.69, 9.17) is 0 Å². The van der Waals surface area contributed by atoms with E-state index < -0.39 is 0 Å². The summed E-state index contributed by atoms with van der Waals surface area (Å²) in [5.74, 6) is -0.144. The minimum atomic E-state index is -0.0726. The fraction of sp³-hybridized carbons (Fsp3) is 0.333. The largest absolute Gasteiger partial charge is 0.379 e. The molecule has 2 aromatic rings. The summed E-state index contributed by atoms with van der Waals surface area (Å²) in [6.45, 7) is 8.42. The topological polar surface area (TPSA) is 46.2 Å².